The number of anilines is 1. The minimum absolute atomic E-state index is 0.193. The van der Waals surface area contributed by atoms with Gasteiger partial charge in [-0.25, -0.2) is 14.5 Å². The highest BCUT2D eigenvalue weighted by atomic mass is 16.5. The van der Waals surface area contributed by atoms with Crippen molar-refractivity contribution in [2.24, 2.45) is 0 Å². The second-order valence-corrected chi connectivity index (χ2v) is 6.96. The van der Waals surface area contributed by atoms with E-state index in [0.29, 0.717) is 22.9 Å². The van der Waals surface area contributed by atoms with Crippen LogP contribution in [0.15, 0.2) is 54.1 Å². The summed E-state index contributed by atoms with van der Waals surface area (Å²) in [5.41, 5.74) is 1.74. The Morgan fingerprint density at radius 1 is 1.07 bits per heavy atom. The summed E-state index contributed by atoms with van der Waals surface area (Å²) < 4.78 is 5.05. The number of hydrogen-bond donors (Lipinski definition) is 2. The Bertz CT molecular complexity index is 1020. The molecule has 30 heavy (non-hydrogen) atoms. The molecule has 8 heteroatoms. The summed E-state index contributed by atoms with van der Waals surface area (Å²) in [6.07, 6.45) is 1.36. The van der Waals surface area contributed by atoms with E-state index in [9.17, 15) is 19.2 Å². The molecule has 8 nitrogen and oxygen atoms in total. The zero-order chi connectivity index (χ0) is 21.8. The zero-order valence-corrected chi connectivity index (χ0v) is 16.4. The van der Waals surface area contributed by atoms with Crippen LogP contribution in [0.1, 0.15) is 30.9 Å². The number of carbonyl (C=O) groups excluding carboxylic acids is 3. The standard InChI is InChI=1S/C22H20N2O6/c1-13(2)15-5-7-16(8-6-15)24-21(28)18(20(27)23-22(24)29)11-14-3-9-17(10-4-14)30-12-19(25)26/h3-11,13H,12H2,1-2H3,(H,25,26)(H,23,27,29)/b18-11+. The van der Waals surface area contributed by atoms with Gasteiger partial charge in [0.25, 0.3) is 11.8 Å². The summed E-state index contributed by atoms with van der Waals surface area (Å²) in [5.74, 6) is -1.99. The van der Waals surface area contributed by atoms with Crippen LogP contribution in [0, 0.1) is 0 Å². The fourth-order valence-electron chi connectivity index (χ4n) is 2.87. The first-order valence-corrected chi connectivity index (χ1v) is 9.22. The molecule has 1 aliphatic rings. The number of benzene rings is 2. The molecule has 1 heterocycles. The summed E-state index contributed by atoms with van der Waals surface area (Å²) in [7, 11) is 0. The van der Waals surface area contributed by atoms with Gasteiger partial charge in [-0.3, -0.25) is 14.9 Å². The highest BCUT2D eigenvalue weighted by molar-refractivity contribution is 6.39. The number of imide groups is 2. The van der Waals surface area contributed by atoms with Gasteiger partial charge in [0.15, 0.2) is 6.61 Å². The van der Waals surface area contributed by atoms with E-state index in [1.807, 2.05) is 26.0 Å². The Kier molecular flexibility index (Phi) is 5.96. The Morgan fingerprint density at radius 3 is 2.27 bits per heavy atom. The molecule has 4 amide bonds. The Labute approximate surface area is 172 Å². The van der Waals surface area contributed by atoms with E-state index in [4.69, 9.17) is 9.84 Å². The Balaban J connectivity index is 1.85. The van der Waals surface area contributed by atoms with E-state index in [2.05, 4.69) is 5.32 Å². The molecule has 0 atom stereocenters. The van der Waals surface area contributed by atoms with Crippen molar-refractivity contribution in [3.8, 4) is 5.75 Å². The van der Waals surface area contributed by atoms with Crippen LogP contribution in [0.4, 0.5) is 10.5 Å². The molecule has 2 aromatic rings. The molecular weight excluding hydrogens is 388 g/mol. The third-order valence-electron chi connectivity index (χ3n) is 4.47. The lowest BCUT2D eigenvalue weighted by Gasteiger charge is -2.26. The van der Waals surface area contributed by atoms with Gasteiger partial charge >= 0.3 is 12.0 Å². The van der Waals surface area contributed by atoms with Gasteiger partial charge in [-0.1, -0.05) is 38.1 Å². The number of urea groups is 1. The normalized spacial score (nSPS) is 15.5. The molecule has 0 radical (unpaired) electrons. The zero-order valence-electron chi connectivity index (χ0n) is 16.4. The van der Waals surface area contributed by atoms with Gasteiger partial charge in [0, 0.05) is 0 Å². The molecule has 1 saturated heterocycles. The van der Waals surface area contributed by atoms with Crippen LogP contribution in [0.5, 0.6) is 5.75 Å². The second-order valence-electron chi connectivity index (χ2n) is 6.96. The molecule has 0 saturated carbocycles. The average molecular weight is 408 g/mol. The first-order chi connectivity index (χ1) is 14.3. The molecular formula is C22H20N2O6. The fraction of sp³-hybridized carbons (Fsp3) is 0.182. The second kappa shape index (κ2) is 8.60. The number of amides is 4. The largest absolute Gasteiger partial charge is 0.482 e. The molecule has 2 N–H and O–H groups in total. The molecule has 3 rings (SSSR count). The van der Waals surface area contributed by atoms with Crippen LogP contribution < -0.4 is 15.0 Å². The van der Waals surface area contributed by atoms with Gasteiger partial charge in [0.2, 0.25) is 0 Å². The predicted octanol–water partition coefficient (Wildman–Crippen LogP) is 2.94. The minimum Gasteiger partial charge on any atom is -0.482 e. The van der Waals surface area contributed by atoms with Crippen molar-refractivity contribution in [3.63, 3.8) is 0 Å². The van der Waals surface area contributed by atoms with E-state index >= 15 is 0 Å². The number of carbonyl (C=O) groups is 4. The van der Waals surface area contributed by atoms with Gasteiger partial charge in [-0.2, -0.15) is 0 Å². The molecule has 2 aromatic carbocycles. The topological polar surface area (TPSA) is 113 Å². The van der Waals surface area contributed by atoms with Crippen molar-refractivity contribution in [2.45, 2.75) is 19.8 Å². The van der Waals surface area contributed by atoms with Crippen molar-refractivity contribution in [1.82, 2.24) is 5.32 Å². The number of ether oxygens (including phenoxy) is 1. The number of rotatable bonds is 6. The number of carboxylic acid groups (broad SMARTS) is 1. The third-order valence-corrected chi connectivity index (χ3v) is 4.47. The van der Waals surface area contributed by atoms with E-state index in [1.54, 1.807) is 24.3 Å². The Hall–Kier alpha value is -3.94. The van der Waals surface area contributed by atoms with Gasteiger partial charge < -0.3 is 9.84 Å². The fourth-order valence-corrected chi connectivity index (χ4v) is 2.87. The lowest BCUT2D eigenvalue weighted by molar-refractivity contribution is -0.139. The van der Waals surface area contributed by atoms with Crippen LogP contribution in [-0.4, -0.2) is 35.5 Å². The monoisotopic (exact) mass is 408 g/mol. The van der Waals surface area contributed by atoms with Crippen molar-refractivity contribution in [3.05, 3.63) is 65.2 Å². The van der Waals surface area contributed by atoms with Crippen molar-refractivity contribution in [1.29, 1.82) is 0 Å². The van der Waals surface area contributed by atoms with Gasteiger partial charge in [-0.05, 0) is 47.4 Å². The third kappa shape index (κ3) is 4.54. The van der Waals surface area contributed by atoms with Crippen LogP contribution in [0.25, 0.3) is 6.08 Å². The first kappa shape index (κ1) is 20.8. The number of hydrogen-bond acceptors (Lipinski definition) is 5. The summed E-state index contributed by atoms with van der Waals surface area (Å²) in [6, 6.07) is 12.4. The maximum atomic E-state index is 12.9. The van der Waals surface area contributed by atoms with Crippen LogP contribution >= 0.6 is 0 Å². The van der Waals surface area contributed by atoms with Gasteiger partial charge in [0.1, 0.15) is 11.3 Å². The summed E-state index contributed by atoms with van der Waals surface area (Å²) in [5, 5.41) is 10.8. The number of aliphatic carboxylic acids is 1. The number of barbiturate groups is 1. The molecule has 0 aromatic heterocycles. The maximum absolute atomic E-state index is 12.9. The predicted molar refractivity (Wildman–Crippen MR) is 109 cm³/mol. The lowest BCUT2D eigenvalue weighted by Crippen LogP contribution is -2.54. The highest BCUT2D eigenvalue weighted by Gasteiger charge is 2.36. The van der Waals surface area contributed by atoms with Crippen LogP contribution in [0.3, 0.4) is 0 Å². The molecule has 1 aliphatic heterocycles. The SMILES string of the molecule is CC(C)c1ccc(N2C(=O)NC(=O)/C(=C\c3ccc(OCC(=O)O)cc3)C2=O)cc1. The molecule has 154 valence electrons. The summed E-state index contributed by atoms with van der Waals surface area (Å²) in [6.45, 7) is 3.59. The maximum Gasteiger partial charge on any atom is 0.341 e. The van der Waals surface area contributed by atoms with E-state index in [1.165, 1.54) is 18.2 Å². The smallest absolute Gasteiger partial charge is 0.341 e. The first-order valence-electron chi connectivity index (χ1n) is 9.22. The number of carboxylic acids is 1. The molecule has 0 bridgehead atoms. The van der Waals surface area contributed by atoms with Crippen LogP contribution in [-0.2, 0) is 14.4 Å². The van der Waals surface area contributed by atoms with Gasteiger partial charge in [-0.15, -0.1) is 0 Å². The summed E-state index contributed by atoms with van der Waals surface area (Å²) in [4.78, 5) is 48.9. The van der Waals surface area contributed by atoms with Crippen molar-refractivity contribution in [2.75, 3.05) is 11.5 Å². The molecule has 0 spiro atoms. The highest BCUT2D eigenvalue weighted by Crippen LogP contribution is 2.24. The van der Waals surface area contributed by atoms with E-state index < -0.39 is 30.4 Å². The lowest BCUT2D eigenvalue weighted by atomic mass is 10.0. The molecule has 1 fully saturated rings. The van der Waals surface area contributed by atoms with Gasteiger partial charge in [0.05, 0.1) is 5.69 Å². The quantitative estimate of drug-likeness (QED) is 0.561. The number of nitrogens with zero attached hydrogens (tertiary/aromatic N) is 1. The van der Waals surface area contributed by atoms with Crippen LogP contribution in [0.2, 0.25) is 0 Å². The molecule has 0 aliphatic carbocycles. The Morgan fingerprint density at radius 2 is 1.70 bits per heavy atom. The average Bonchev–Trinajstić information content (AvgIpc) is 2.70. The molecule has 0 unspecified atom stereocenters. The summed E-state index contributed by atoms with van der Waals surface area (Å²) >= 11 is 0. The minimum atomic E-state index is -1.10. The number of nitrogens with one attached hydrogen (secondary N) is 1. The van der Waals surface area contributed by atoms with Crippen molar-refractivity contribution >= 4 is 35.6 Å². The van der Waals surface area contributed by atoms with Crippen molar-refractivity contribution < 1.29 is 29.0 Å². The van der Waals surface area contributed by atoms with E-state index in [0.717, 1.165) is 10.5 Å². The van der Waals surface area contributed by atoms with E-state index in [-0.39, 0.29) is 5.57 Å².